The standard InChI is InChI=1S/C14H16F3NOS/c1-9-2-3-10(6-11(9)14(15,16)17)18-12(19)7-13(8-20)4-5-13/h2-3,6,20H,4-5,7-8H2,1H3,(H,18,19). The van der Waals surface area contributed by atoms with E-state index >= 15 is 0 Å². The number of rotatable bonds is 4. The summed E-state index contributed by atoms with van der Waals surface area (Å²) in [5.74, 6) is 0.371. The average Bonchev–Trinajstić information content (AvgIpc) is 3.10. The Morgan fingerprint density at radius 1 is 1.40 bits per heavy atom. The molecular formula is C14H16F3NOS. The molecule has 0 spiro atoms. The molecule has 0 aromatic heterocycles. The van der Waals surface area contributed by atoms with Crippen molar-refractivity contribution in [2.75, 3.05) is 11.1 Å². The fourth-order valence-corrected chi connectivity index (χ4v) is 2.55. The first-order valence-corrected chi connectivity index (χ1v) is 6.98. The largest absolute Gasteiger partial charge is 0.416 e. The van der Waals surface area contributed by atoms with Crippen LogP contribution in [0.3, 0.4) is 0 Å². The van der Waals surface area contributed by atoms with E-state index in [1.807, 2.05) is 0 Å². The highest BCUT2D eigenvalue weighted by Gasteiger charge is 2.43. The highest BCUT2D eigenvalue weighted by atomic mass is 32.1. The summed E-state index contributed by atoms with van der Waals surface area (Å²) in [6.45, 7) is 1.40. The van der Waals surface area contributed by atoms with Gasteiger partial charge in [-0.3, -0.25) is 4.79 Å². The van der Waals surface area contributed by atoms with Gasteiger partial charge in [0.05, 0.1) is 5.56 Å². The number of thiol groups is 1. The van der Waals surface area contributed by atoms with Crippen molar-refractivity contribution in [3.05, 3.63) is 29.3 Å². The van der Waals surface area contributed by atoms with E-state index in [1.165, 1.54) is 19.1 Å². The van der Waals surface area contributed by atoms with Crippen molar-refractivity contribution in [1.29, 1.82) is 0 Å². The third kappa shape index (κ3) is 3.48. The van der Waals surface area contributed by atoms with E-state index in [0.29, 0.717) is 12.2 Å². The quantitative estimate of drug-likeness (QED) is 0.807. The fourth-order valence-electron chi connectivity index (χ4n) is 2.12. The molecule has 20 heavy (non-hydrogen) atoms. The Labute approximate surface area is 121 Å². The lowest BCUT2D eigenvalue weighted by Crippen LogP contribution is -2.19. The molecule has 6 heteroatoms. The highest BCUT2D eigenvalue weighted by Crippen LogP contribution is 2.49. The number of carbonyl (C=O) groups is 1. The second kappa shape index (κ2) is 5.31. The number of carbonyl (C=O) groups excluding carboxylic acids is 1. The minimum Gasteiger partial charge on any atom is -0.326 e. The van der Waals surface area contributed by atoms with Gasteiger partial charge in [0.1, 0.15) is 0 Å². The molecule has 0 atom stereocenters. The van der Waals surface area contributed by atoms with E-state index < -0.39 is 11.7 Å². The second-order valence-corrected chi connectivity index (χ2v) is 5.73. The van der Waals surface area contributed by atoms with Crippen molar-refractivity contribution < 1.29 is 18.0 Å². The van der Waals surface area contributed by atoms with Gasteiger partial charge in [-0.15, -0.1) is 0 Å². The van der Waals surface area contributed by atoms with Gasteiger partial charge in [0.25, 0.3) is 0 Å². The molecule has 0 radical (unpaired) electrons. The Balaban J connectivity index is 2.08. The zero-order chi connectivity index (χ0) is 15.0. The molecule has 110 valence electrons. The van der Waals surface area contributed by atoms with Crippen LogP contribution in [0.5, 0.6) is 0 Å². The fraction of sp³-hybridized carbons (Fsp3) is 0.500. The number of nitrogens with one attached hydrogen (secondary N) is 1. The van der Waals surface area contributed by atoms with Gasteiger partial charge in [-0.25, -0.2) is 0 Å². The van der Waals surface area contributed by atoms with Gasteiger partial charge >= 0.3 is 6.18 Å². The lowest BCUT2D eigenvalue weighted by atomic mass is 10.0. The number of aryl methyl sites for hydroxylation is 1. The van der Waals surface area contributed by atoms with Crippen LogP contribution in [-0.2, 0) is 11.0 Å². The molecule has 1 aliphatic carbocycles. The Kier molecular flexibility index (Phi) is 4.04. The molecule has 0 aliphatic heterocycles. The molecule has 0 saturated heterocycles. The smallest absolute Gasteiger partial charge is 0.326 e. The van der Waals surface area contributed by atoms with E-state index in [4.69, 9.17) is 0 Å². The molecule has 1 aromatic rings. The number of alkyl halides is 3. The predicted molar refractivity (Wildman–Crippen MR) is 74.9 cm³/mol. The summed E-state index contributed by atoms with van der Waals surface area (Å²) in [4.78, 5) is 11.8. The third-order valence-corrected chi connectivity index (χ3v) is 4.33. The molecule has 1 N–H and O–H groups in total. The topological polar surface area (TPSA) is 29.1 Å². The Morgan fingerprint density at radius 2 is 2.05 bits per heavy atom. The summed E-state index contributed by atoms with van der Waals surface area (Å²) in [6.07, 6.45) is -2.20. The first-order valence-electron chi connectivity index (χ1n) is 6.34. The maximum atomic E-state index is 12.8. The Bertz CT molecular complexity index is 524. The summed E-state index contributed by atoms with van der Waals surface area (Å²) in [7, 11) is 0. The van der Waals surface area contributed by atoms with Crippen LogP contribution in [0.1, 0.15) is 30.4 Å². The van der Waals surface area contributed by atoms with Crippen molar-refractivity contribution >= 4 is 24.2 Å². The van der Waals surface area contributed by atoms with Crippen LogP contribution in [0.15, 0.2) is 18.2 Å². The molecule has 0 bridgehead atoms. The van der Waals surface area contributed by atoms with E-state index in [1.54, 1.807) is 0 Å². The summed E-state index contributed by atoms with van der Waals surface area (Å²) in [5.41, 5.74) is -0.442. The molecule has 1 aromatic carbocycles. The molecule has 1 amide bonds. The van der Waals surface area contributed by atoms with Crippen LogP contribution in [0, 0.1) is 12.3 Å². The third-order valence-electron chi connectivity index (χ3n) is 3.65. The normalized spacial score (nSPS) is 16.9. The van der Waals surface area contributed by atoms with E-state index in [0.717, 1.165) is 18.9 Å². The maximum absolute atomic E-state index is 12.8. The zero-order valence-corrected chi connectivity index (χ0v) is 11.9. The van der Waals surface area contributed by atoms with E-state index in [2.05, 4.69) is 17.9 Å². The van der Waals surface area contributed by atoms with Crippen molar-refractivity contribution in [3.8, 4) is 0 Å². The van der Waals surface area contributed by atoms with Crippen LogP contribution in [0.4, 0.5) is 18.9 Å². The molecule has 1 saturated carbocycles. The first-order chi connectivity index (χ1) is 9.26. The van der Waals surface area contributed by atoms with Crippen LogP contribution < -0.4 is 5.32 Å². The molecular weight excluding hydrogens is 287 g/mol. The molecule has 2 rings (SSSR count). The minimum atomic E-state index is -4.41. The number of anilines is 1. The van der Waals surface area contributed by atoms with Crippen LogP contribution in [0.25, 0.3) is 0 Å². The molecule has 1 aliphatic rings. The van der Waals surface area contributed by atoms with Crippen LogP contribution >= 0.6 is 12.6 Å². The Hall–Kier alpha value is -1.17. The highest BCUT2D eigenvalue weighted by molar-refractivity contribution is 7.80. The van der Waals surface area contributed by atoms with Crippen LogP contribution in [-0.4, -0.2) is 11.7 Å². The number of hydrogen-bond acceptors (Lipinski definition) is 2. The zero-order valence-electron chi connectivity index (χ0n) is 11.0. The molecule has 0 heterocycles. The van der Waals surface area contributed by atoms with Gasteiger partial charge in [0.2, 0.25) is 5.91 Å². The SMILES string of the molecule is Cc1ccc(NC(=O)CC2(CS)CC2)cc1C(F)(F)F. The number of amides is 1. The summed E-state index contributed by atoms with van der Waals surface area (Å²) < 4.78 is 38.3. The van der Waals surface area contributed by atoms with E-state index in [9.17, 15) is 18.0 Å². The van der Waals surface area contributed by atoms with Crippen molar-refractivity contribution in [2.45, 2.75) is 32.4 Å². The van der Waals surface area contributed by atoms with Gasteiger partial charge in [-0.2, -0.15) is 25.8 Å². The van der Waals surface area contributed by atoms with Crippen molar-refractivity contribution in [1.82, 2.24) is 0 Å². The van der Waals surface area contributed by atoms with Gasteiger partial charge in [0.15, 0.2) is 0 Å². The van der Waals surface area contributed by atoms with Gasteiger partial charge in [0, 0.05) is 12.1 Å². The number of halogens is 3. The van der Waals surface area contributed by atoms with Crippen LogP contribution in [0.2, 0.25) is 0 Å². The Morgan fingerprint density at radius 3 is 2.55 bits per heavy atom. The predicted octanol–water partition coefficient (Wildman–Crippen LogP) is 4.05. The molecule has 0 unspecified atom stereocenters. The van der Waals surface area contributed by atoms with E-state index in [-0.39, 0.29) is 22.6 Å². The van der Waals surface area contributed by atoms with Gasteiger partial charge in [-0.1, -0.05) is 6.07 Å². The summed E-state index contributed by atoms with van der Waals surface area (Å²) in [6, 6.07) is 3.83. The maximum Gasteiger partial charge on any atom is 0.416 e. The summed E-state index contributed by atoms with van der Waals surface area (Å²) in [5, 5.41) is 2.54. The van der Waals surface area contributed by atoms with Crippen molar-refractivity contribution in [3.63, 3.8) is 0 Å². The number of benzene rings is 1. The second-order valence-electron chi connectivity index (χ2n) is 5.41. The van der Waals surface area contributed by atoms with Crippen molar-refractivity contribution in [2.24, 2.45) is 5.41 Å². The molecule has 2 nitrogen and oxygen atoms in total. The summed E-state index contributed by atoms with van der Waals surface area (Å²) >= 11 is 4.20. The molecule has 1 fully saturated rings. The first kappa shape index (κ1) is 15.2. The van der Waals surface area contributed by atoms with Gasteiger partial charge < -0.3 is 5.32 Å². The minimum absolute atomic E-state index is 0.0508. The lowest BCUT2D eigenvalue weighted by molar-refractivity contribution is -0.138. The monoisotopic (exact) mass is 303 g/mol. The average molecular weight is 303 g/mol. The van der Waals surface area contributed by atoms with Gasteiger partial charge in [-0.05, 0) is 48.6 Å². The number of hydrogen-bond donors (Lipinski definition) is 2. The lowest BCUT2D eigenvalue weighted by Gasteiger charge is -2.14.